The minimum atomic E-state index is 0.657. The molecule has 14 heavy (non-hydrogen) atoms. The molecule has 0 aromatic carbocycles. The van der Waals surface area contributed by atoms with Crippen LogP contribution in [0.25, 0.3) is 0 Å². The van der Waals surface area contributed by atoms with E-state index in [-0.39, 0.29) is 0 Å². The summed E-state index contributed by atoms with van der Waals surface area (Å²) in [5.74, 6) is 0.657. The molecule has 0 amide bonds. The van der Waals surface area contributed by atoms with Gasteiger partial charge in [0.1, 0.15) is 5.76 Å². The van der Waals surface area contributed by atoms with Gasteiger partial charge in [-0.05, 0) is 25.8 Å². The molecule has 0 aromatic heterocycles. The lowest BCUT2D eigenvalue weighted by molar-refractivity contribution is 0.375. The summed E-state index contributed by atoms with van der Waals surface area (Å²) in [4.78, 5) is 0. The lowest BCUT2D eigenvalue weighted by atomic mass is 10.3. The molecule has 82 valence electrons. The summed E-state index contributed by atoms with van der Waals surface area (Å²) >= 11 is 0. The zero-order valence-electron chi connectivity index (χ0n) is 10.1. The van der Waals surface area contributed by atoms with E-state index in [4.69, 9.17) is 5.26 Å². The van der Waals surface area contributed by atoms with E-state index in [1.807, 2.05) is 39.8 Å². The average Bonchev–Trinajstić information content (AvgIpc) is 2.25. The fraction of sp³-hybridized carbons (Fsp3) is 0.583. The first-order chi connectivity index (χ1) is 6.81. The molecule has 0 aliphatic carbocycles. The standard InChI is InChI=1S/C8H11NO.2C2H6/c1-3-4-5-6-8(2)10-7-9;2*1-2/h3,6H,1,4-5H2,2H3;2*1-2H3/b8-6+;;. The van der Waals surface area contributed by atoms with Crippen LogP contribution in [0, 0.1) is 11.5 Å². The topological polar surface area (TPSA) is 33.0 Å². The molecule has 2 nitrogen and oxygen atoms in total. The number of nitriles is 1. The SMILES string of the molecule is C=CCC/C=C(\C)OC#N.CC.CC. The third kappa shape index (κ3) is 22.4. The monoisotopic (exact) mass is 197 g/mol. The molecular formula is C12H23NO. The highest BCUT2D eigenvalue weighted by molar-refractivity contribution is 4.91. The van der Waals surface area contributed by atoms with Crippen molar-refractivity contribution < 1.29 is 4.74 Å². The van der Waals surface area contributed by atoms with Gasteiger partial charge in [-0.15, -0.1) is 11.8 Å². The number of hydrogen-bond acceptors (Lipinski definition) is 2. The van der Waals surface area contributed by atoms with E-state index in [0.717, 1.165) is 12.8 Å². The van der Waals surface area contributed by atoms with Gasteiger partial charge in [-0.25, -0.2) is 0 Å². The molecule has 0 aliphatic heterocycles. The first-order valence-electron chi connectivity index (χ1n) is 5.15. The van der Waals surface area contributed by atoms with Crippen molar-refractivity contribution in [2.24, 2.45) is 0 Å². The number of allylic oxidation sites excluding steroid dienone is 3. The van der Waals surface area contributed by atoms with Crippen molar-refractivity contribution in [3.63, 3.8) is 0 Å². The Morgan fingerprint density at radius 1 is 1.29 bits per heavy atom. The lowest BCUT2D eigenvalue weighted by Crippen LogP contribution is -1.77. The molecule has 0 bridgehead atoms. The zero-order valence-corrected chi connectivity index (χ0v) is 10.1. The summed E-state index contributed by atoms with van der Waals surface area (Å²) in [6, 6.07) is 0. The van der Waals surface area contributed by atoms with Crippen LogP contribution >= 0.6 is 0 Å². The van der Waals surface area contributed by atoms with E-state index in [1.165, 1.54) is 0 Å². The van der Waals surface area contributed by atoms with Gasteiger partial charge >= 0.3 is 0 Å². The van der Waals surface area contributed by atoms with Crippen LogP contribution in [0.4, 0.5) is 0 Å². The number of unbranched alkanes of at least 4 members (excludes halogenated alkanes) is 1. The fourth-order valence-electron chi connectivity index (χ4n) is 0.518. The van der Waals surface area contributed by atoms with Gasteiger partial charge in [-0.3, -0.25) is 0 Å². The molecule has 0 aromatic rings. The van der Waals surface area contributed by atoms with Gasteiger partial charge in [-0.2, -0.15) is 0 Å². The summed E-state index contributed by atoms with van der Waals surface area (Å²) in [5.41, 5.74) is 0. The van der Waals surface area contributed by atoms with E-state index in [9.17, 15) is 0 Å². The van der Waals surface area contributed by atoms with Crippen LogP contribution in [0.3, 0.4) is 0 Å². The molecule has 0 spiro atoms. The van der Waals surface area contributed by atoms with Gasteiger partial charge in [-0.1, -0.05) is 33.8 Å². The number of nitrogens with zero attached hydrogens (tertiary/aromatic N) is 1. The predicted molar refractivity (Wildman–Crippen MR) is 62.6 cm³/mol. The van der Waals surface area contributed by atoms with Crippen molar-refractivity contribution in [1.82, 2.24) is 0 Å². The highest BCUT2D eigenvalue weighted by atomic mass is 16.5. The molecule has 0 atom stereocenters. The maximum absolute atomic E-state index is 8.06. The van der Waals surface area contributed by atoms with E-state index < -0.39 is 0 Å². The minimum absolute atomic E-state index is 0.657. The van der Waals surface area contributed by atoms with E-state index in [2.05, 4.69) is 11.3 Å². The van der Waals surface area contributed by atoms with Crippen LogP contribution in [0.5, 0.6) is 0 Å². The Bertz CT molecular complexity index is 166. The molecule has 0 fully saturated rings. The lowest BCUT2D eigenvalue weighted by Gasteiger charge is -1.91. The molecular weight excluding hydrogens is 174 g/mol. The van der Waals surface area contributed by atoms with Gasteiger partial charge in [0, 0.05) is 0 Å². The van der Waals surface area contributed by atoms with Crippen LogP contribution in [0.15, 0.2) is 24.5 Å². The van der Waals surface area contributed by atoms with Gasteiger partial charge in [0.2, 0.25) is 0 Å². The van der Waals surface area contributed by atoms with Gasteiger partial charge < -0.3 is 4.74 Å². The average molecular weight is 197 g/mol. The van der Waals surface area contributed by atoms with E-state index in [0.29, 0.717) is 5.76 Å². The predicted octanol–water partition coefficient (Wildman–Crippen LogP) is 4.41. The molecule has 2 heteroatoms. The molecule has 0 saturated heterocycles. The second-order valence-corrected chi connectivity index (χ2v) is 1.87. The smallest absolute Gasteiger partial charge is 0.291 e. The van der Waals surface area contributed by atoms with Gasteiger partial charge in [0.15, 0.2) is 0 Å². The highest BCUT2D eigenvalue weighted by Gasteiger charge is 1.84. The molecule has 0 aliphatic rings. The number of ether oxygens (including phenoxy) is 1. The third-order valence-electron chi connectivity index (χ3n) is 1.01. The molecule has 0 radical (unpaired) electrons. The zero-order chi connectivity index (χ0) is 11.8. The Morgan fingerprint density at radius 3 is 2.14 bits per heavy atom. The summed E-state index contributed by atoms with van der Waals surface area (Å²) in [6.07, 6.45) is 7.10. The summed E-state index contributed by atoms with van der Waals surface area (Å²) in [6.45, 7) is 13.3. The first-order valence-corrected chi connectivity index (χ1v) is 5.15. The van der Waals surface area contributed by atoms with Crippen molar-refractivity contribution in [1.29, 1.82) is 5.26 Å². The Balaban J connectivity index is -0.000000266. The molecule has 0 saturated carbocycles. The maximum atomic E-state index is 8.06. The third-order valence-corrected chi connectivity index (χ3v) is 1.01. The molecule has 0 N–H and O–H groups in total. The number of hydrogen-bond donors (Lipinski definition) is 0. The Hall–Kier alpha value is -1.23. The first kappa shape index (κ1) is 18.5. The second-order valence-electron chi connectivity index (χ2n) is 1.87. The van der Waals surface area contributed by atoms with Gasteiger partial charge in [0.25, 0.3) is 6.26 Å². The van der Waals surface area contributed by atoms with E-state index >= 15 is 0 Å². The van der Waals surface area contributed by atoms with Crippen LogP contribution in [0.1, 0.15) is 47.5 Å². The van der Waals surface area contributed by atoms with Crippen molar-refractivity contribution in [3.05, 3.63) is 24.5 Å². The minimum Gasteiger partial charge on any atom is -0.393 e. The summed E-state index contributed by atoms with van der Waals surface area (Å²) in [5, 5.41) is 8.06. The van der Waals surface area contributed by atoms with Crippen LogP contribution < -0.4 is 0 Å². The molecule has 0 heterocycles. The summed E-state index contributed by atoms with van der Waals surface area (Å²) < 4.78 is 4.52. The Labute approximate surface area is 88.9 Å². The normalized spacial score (nSPS) is 8.14. The van der Waals surface area contributed by atoms with Crippen molar-refractivity contribution in [3.8, 4) is 6.26 Å². The number of rotatable bonds is 4. The largest absolute Gasteiger partial charge is 0.393 e. The highest BCUT2D eigenvalue weighted by Crippen LogP contribution is 1.98. The summed E-state index contributed by atoms with van der Waals surface area (Å²) in [7, 11) is 0. The van der Waals surface area contributed by atoms with E-state index in [1.54, 1.807) is 13.2 Å². The van der Waals surface area contributed by atoms with Crippen molar-refractivity contribution in [2.45, 2.75) is 47.5 Å². The van der Waals surface area contributed by atoms with Gasteiger partial charge in [0.05, 0.1) is 0 Å². The quantitative estimate of drug-likeness (QED) is 0.289. The van der Waals surface area contributed by atoms with Crippen LogP contribution in [-0.4, -0.2) is 0 Å². The fourth-order valence-corrected chi connectivity index (χ4v) is 0.518. The Morgan fingerprint density at radius 2 is 1.79 bits per heavy atom. The molecule has 0 unspecified atom stereocenters. The van der Waals surface area contributed by atoms with Crippen LogP contribution in [0.2, 0.25) is 0 Å². The van der Waals surface area contributed by atoms with Crippen molar-refractivity contribution >= 4 is 0 Å². The van der Waals surface area contributed by atoms with Crippen LogP contribution in [-0.2, 0) is 4.74 Å². The second kappa shape index (κ2) is 22.6. The Kier molecular flexibility index (Phi) is 29.9. The maximum Gasteiger partial charge on any atom is 0.291 e. The molecule has 0 rings (SSSR count). The van der Waals surface area contributed by atoms with Crippen molar-refractivity contribution in [2.75, 3.05) is 0 Å².